The van der Waals surface area contributed by atoms with E-state index in [9.17, 15) is 9.18 Å². The first-order valence-electron chi connectivity index (χ1n) is 17.3. The molecule has 3 unspecified atom stereocenters. The van der Waals surface area contributed by atoms with Crippen LogP contribution in [0.3, 0.4) is 0 Å². The van der Waals surface area contributed by atoms with Crippen LogP contribution in [0.2, 0.25) is 0 Å². The highest BCUT2D eigenvalue weighted by atomic mass is 19.1. The van der Waals surface area contributed by atoms with Gasteiger partial charge in [-0.1, -0.05) is 163 Å². The van der Waals surface area contributed by atoms with Crippen molar-refractivity contribution in [3.05, 3.63) is 0 Å². The van der Waals surface area contributed by atoms with Crippen LogP contribution in [0, 0.1) is 17.8 Å². The molecule has 0 heterocycles. The number of rotatable bonds is 29. The highest BCUT2D eigenvalue weighted by Gasteiger charge is 2.21. The van der Waals surface area contributed by atoms with Gasteiger partial charge in [-0.2, -0.15) is 0 Å². The molecule has 3 atom stereocenters. The number of alkyl halides is 1. The van der Waals surface area contributed by atoms with Gasteiger partial charge >= 0.3 is 5.97 Å². The van der Waals surface area contributed by atoms with Crippen molar-refractivity contribution in [3.8, 4) is 0 Å². The van der Waals surface area contributed by atoms with Crippen LogP contribution in [0.25, 0.3) is 0 Å². The van der Waals surface area contributed by atoms with E-state index in [0.717, 1.165) is 38.0 Å². The van der Waals surface area contributed by atoms with E-state index < -0.39 is 12.1 Å². The van der Waals surface area contributed by atoms with Crippen LogP contribution in [0.4, 0.5) is 4.39 Å². The molecule has 0 aromatic carbocycles. The molecular weight excluding hydrogens is 471 g/mol. The molecule has 0 rings (SSSR count). The van der Waals surface area contributed by atoms with Crippen molar-refractivity contribution in [2.75, 3.05) is 6.61 Å². The van der Waals surface area contributed by atoms with E-state index in [1.807, 2.05) is 0 Å². The first kappa shape index (κ1) is 37.4. The van der Waals surface area contributed by atoms with E-state index in [0.29, 0.717) is 24.9 Å². The monoisotopic (exact) mass is 541 g/mol. The van der Waals surface area contributed by atoms with Crippen molar-refractivity contribution in [2.24, 2.45) is 17.8 Å². The maximum absolute atomic E-state index is 14.6. The van der Waals surface area contributed by atoms with Crippen molar-refractivity contribution >= 4 is 5.97 Å². The van der Waals surface area contributed by atoms with E-state index >= 15 is 0 Å². The van der Waals surface area contributed by atoms with E-state index in [1.54, 1.807) is 0 Å². The molecule has 0 aliphatic carbocycles. The van der Waals surface area contributed by atoms with E-state index in [-0.39, 0.29) is 0 Å². The summed E-state index contributed by atoms with van der Waals surface area (Å²) in [7, 11) is 0. The summed E-state index contributed by atoms with van der Waals surface area (Å²) < 4.78 is 20.1. The summed E-state index contributed by atoms with van der Waals surface area (Å²) >= 11 is 0. The maximum Gasteiger partial charge on any atom is 0.340 e. The van der Waals surface area contributed by atoms with Crippen LogP contribution < -0.4 is 0 Å². The summed E-state index contributed by atoms with van der Waals surface area (Å²) in [5.74, 6) is 1.19. The smallest absolute Gasteiger partial charge is 0.340 e. The number of ether oxygens (including phenoxy) is 1. The number of unbranched alkanes of at least 4 members (excludes halogenated alkanes) is 15. The third-order valence-electron chi connectivity index (χ3n) is 8.55. The topological polar surface area (TPSA) is 26.3 Å². The molecule has 0 bridgehead atoms. The van der Waals surface area contributed by atoms with Gasteiger partial charge in [0.05, 0.1) is 6.61 Å². The molecule has 0 aliphatic rings. The number of hydrogen-bond donors (Lipinski definition) is 0. The first-order chi connectivity index (χ1) is 18.5. The number of carbonyl (C=O) groups excluding carboxylic acids is 1. The van der Waals surface area contributed by atoms with Crippen LogP contribution in [0.15, 0.2) is 0 Å². The first-order valence-corrected chi connectivity index (χ1v) is 17.3. The molecule has 0 radical (unpaired) electrons. The lowest BCUT2D eigenvalue weighted by molar-refractivity contribution is -0.151. The molecule has 0 aliphatic heterocycles. The number of hydrogen-bond acceptors (Lipinski definition) is 2. The standard InChI is InChI=1S/C35H69FO2/c1-6-9-12-15-17-19-22-27-33(31(4)5)28-23-24-29-34(36)35(37)38-30-32(25-20-14-11-8-3)26-21-18-16-13-10-7-2/h31-34H,6-30H2,1-5H3. The van der Waals surface area contributed by atoms with Gasteiger partial charge in [0, 0.05) is 0 Å². The van der Waals surface area contributed by atoms with Crippen molar-refractivity contribution in [2.45, 2.75) is 195 Å². The van der Waals surface area contributed by atoms with Gasteiger partial charge in [0.25, 0.3) is 0 Å². The van der Waals surface area contributed by atoms with Gasteiger partial charge in [-0.3, -0.25) is 0 Å². The quantitative estimate of drug-likeness (QED) is 0.0696. The normalized spacial score (nSPS) is 14.1. The largest absolute Gasteiger partial charge is 0.463 e. The molecule has 0 amide bonds. The van der Waals surface area contributed by atoms with Crippen LogP contribution in [-0.4, -0.2) is 18.7 Å². The van der Waals surface area contributed by atoms with E-state index in [4.69, 9.17) is 4.74 Å². The second kappa shape index (κ2) is 27.9. The fourth-order valence-corrected chi connectivity index (χ4v) is 5.70. The van der Waals surface area contributed by atoms with E-state index in [2.05, 4.69) is 34.6 Å². The zero-order valence-electron chi connectivity index (χ0n) is 26.7. The van der Waals surface area contributed by atoms with Gasteiger partial charge in [0.15, 0.2) is 6.17 Å². The van der Waals surface area contributed by atoms with Crippen molar-refractivity contribution in [3.63, 3.8) is 0 Å². The minimum atomic E-state index is -1.45. The summed E-state index contributed by atoms with van der Waals surface area (Å²) in [6.07, 6.45) is 27.5. The molecule has 0 N–H and O–H groups in total. The average Bonchev–Trinajstić information content (AvgIpc) is 2.91. The Morgan fingerprint density at radius 3 is 1.39 bits per heavy atom. The van der Waals surface area contributed by atoms with Gasteiger partial charge in [0.1, 0.15) is 0 Å². The molecular formula is C35H69FO2. The van der Waals surface area contributed by atoms with Gasteiger partial charge < -0.3 is 4.74 Å². The fourth-order valence-electron chi connectivity index (χ4n) is 5.70. The third-order valence-corrected chi connectivity index (χ3v) is 8.55. The maximum atomic E-state index is 14.6. The molecule has 0 saturated carbocycles. The van der Waals surface area contributed by atoms with Crippen LogP contribution >= 0.6 is 0 Å². The molecule has 0 fully saturated rings. The molecule has 2 nitrogen and oxygen atoms in total. The molecule has 0 aromatic rings. The predicted molar refractivity (Wildman–Crippen MR) is 166 cm³/mol. The van der Waals surface area contributed by atoms with Crippen molar-refractivity contribution < 1.29 is 13.9 Å². The molecule has 38 heavy (non-hydrogen) atoms. The Labute approximate surface area is 239 Å². The lowest BCUT2D eigenvalue weighted by Crippen LogP contribution is -2.22. The van der Waals surface area contributed by atoms with E-state index in [1.165, 1.54) is 116 Å². The van der Waals surface area contributed by atoms with Gasteiger partial charge in [-0.05, 0) is 43.4 Å². The summed E-state index contributed by atoms with van der Waals surface area (Å²) in [6.45, 7) is 11.8. The zero-order valence-corrected chi connectivity index (χ0v) is 26.7. The second-order valence-electron chi connectivity index (χ2n) is 12.6. The Morgan fingerprint density at radius 2 is 0.921 bits per heavy atom. The molecule has 0 aromatic heterocycles. The number of esters is 1. The lowest BCUT2D eigenvalue weighted by atomic mass is 9.85. The molecule has 228 valence electrons. The Morgan fingerprint density at radius 1 is 0.553 bits per heavy atom. The minimum absolute atomic E-state index is 0.319. The Balaban J connectivity index is 4.20. The van der Waals surface area contributed by atoms with Crippen LogP contribution in [-0.2, 0) is 9.53 Å². The van der Waals surface area contributed by atoms with Gasteiger partial charge in [-0.15, -0.1) is 0 Å². The van der Waals surface area contributed by atoms with Gasteiger partial charge in [-0.25, -0.2) is 9.18 Å². The van der Waals surface area contributed by atoms with Gasteiger partial charge in [0.2, 0.25) is 0 Å². The zero-order chi connectivity index (χ0) is 28.3. The number of halogens is 1. The van der Waals surface area contributed by atoms with Crippen molar-refractivity contribution in [1.82, 2.24) is 0 Å². The molecule has 0 saturated heterocycles. The Bertz CT molecular complexity index is 492. The summed E-state index contributed by atoms with van der Waals surface area (Å²) in [6, 6.07) is 0. The predicted octanol–water partition coefficient (Wildman–Crippen LogP) is 12.2. The highest BCUT2D eigenvalue weighted by Crippen LogP contribution is 2.26. The number of carbonyl (C=O) groups is 1. The van der Waals surface area contributed by atoms with Crippen LogP contribution in [0.1, 0.15) is 189 Å². The Hall–Kier alpha value is -0.600. The lowest BCUT2D eigenvalue weighted by Gasteiger charge is -2.21. The third kappa shape index (κ3) is 23.3. The fraction of sp³-hybridized carbons (Fsp3) is 0.971. The molecule has 0 spiro atoms. The molecule has 3 heteroatoms. The van der Waals surface area contributed by atoms with Crippen LogP contribution in [0.5, 0.6) is 0 Å². The summed E-state index contributed by atoms with van der Waals surface area (Å²) in [4.78, 5) is 12.4. The summed E-state index contributed by atoms with van der Waals surface area (Å²) in [5, 5.41) is 0. The Kier molecular flexibility index (Phi) is 27.5. The second-order valence-corrected chi connectivity index (χ2v) is 12.6. The average molecular weight is 541 g/mol. The summed E-state index contributed by atoms with van der Waals surface area (Å²) in [5.41, 5.74) is 0. The van der Waals surface area contributed by atoms with Crippen molar-refractivity contribution in [1.29, 1.82) is 0 Å². The highest BCUT2D eigenvalue weighted by molar-refractivity contribution is 5.74. The minimum Gasteiger partial charge on any atom is -0.463 e. The SMILES string of the molecule is CCCCCCCCCC(CCCCC(F)C(=O)OCC(CCCCCC)CCCCCCCC)C(C)C.